The number of allylic oxidation sites excluding steroid dienone is 2. The van der Waals surface area contributed by atoms with Crippen molar-refractivity contribution in [2.75, 3.05) is 0 Å². The largest absolute Gasteiger partial charge is 0.388 e. The number of nitriles is 3. The van der Waals surface area contributed by atoms with Crippen LogP contribution >= 0.6 is 0 Å². The summed E-state index contributed by atoms with van der Waals surface area (Å²) in [6.45, 7) is 3.66. The van der Waals surface area contributed by atoms with Crippen LogP contribution in [0.5, 0.6) is 0 Å². The third-order valence-electron chi connectivity index (χ3n) is 1.61. The van der Waals surface area contributed by atoms with Crippen LogP contribution in [0.1, 0.15) is 13.8 Å². The van der Waals surface area contributed by atoms with E-state index in [1.54, 1.807) is 12.1 Å². The third kappa shape index (κ3) is 3.05. The molecule has 0 aromatic carbocycles. The molecule has 0 saturated carbocycles. The monoisotopic (exact) mass is 189 g/mol. The Labute approximate surface area is 83.0 Å². The average molecular weight is 189 g/mol. The second-order valence-corrected chi connectivity index (χ2v) is 3.01. The third-order valence-corrected chi connectivity index (χ3v) is 1.61. The van der Waals surface area contributed by atoms with Gasteiger partial charge >= 0.3 is 0 Å². The number of rotatable bonds is 3. The first kappa shape index (κ1) is 11.8. The first-order chi connectivity index (χ1) is 6.56. The Kier molecular flexibility index (Phi) is 4.60. The second-order valence-electron chi connectivity index (χ2n) is 3.01. The maximum atomic E-state index is 8.73. The zero-order valence-electron chi connectivity index (χ0n) is 8.07. The van der Waals surface area contributed by atoms with Gasteiger partial charge in [0, 0.05) is 0 Å². The summed E-state index contributed by atoms with van der Waals surface area (Å²) in [7, 11) is 0. The fourth-order valence-electron chi connectivity index (χ4n) is 0.730. The summed E-state index contributed by atoms with van der Waals surface area (Å²) in [6.07, 6.45) is 0. The molecule has 0 amide bonds. The molecule has 0 aliphatic rings. The Hall–Kier alpha value is -2.19. The molecule has 0 aliphatic heterocycles. The number of nitrogens with one attached hydrogen (secondary N) is 1. The van der Waals surface area contributed by atoms with Gasteiger partial charge in [-0.05, 0) is 5.92 Å². The fourth-order valence-corrected chi connectivity index (χ4v) is 0.730. The predicted octanol–water partition coefficient (Wildman–Crippen LogP) is 0.342. The molecule has 72 valence electrons. The van der Waals surface area contributed by atoms with E-state index in [-0.39, 0.29) is 17.3 Å². The van der Waals surface area contributed by atoms with Gasteiger partial charge in [-0.2, -0.15) is 15.8 Å². The van der Waals surface area contributed by atoms with Gasteiger partial charge in [-0.3, -0.25) is 0 Å². The van der Waals surface area contributed by atoms with Crippen molar-refractivity contribution in [1.29, 1.82) is 15.8 Å². The predicted molar refractivity (Wildman–Crippen MR) is 49.8 cm³/mol. The van der Waals surface area contributed by atoms with Gasteiger partial charge < -0.3 is 11.1 Å². The van der Waals surface area contributed by atoms with Gasteiger partial charge in [0.15, 0.2) is 0 Å². The fraction of sp³-hybridized carbons (Fsp3) is 0.444. The van der Waals surface area contributed by atoms with Crippen molar-refractivity contribution in [2.24, 2.45) is 11.7 Å². The minimum absolute atomic E-state index is 0.0369. The van der Waals surface area contributed by atoms with E-state index in [1.807, 2.05) is 19.9 Å². The molecule has 0 aliphatic carbocycles. The second kappa shape index (κ2) is 5.45. The molecule has 0 spiro atoms. The summed E-state index contributed by atoms with van der Waals surface area (Å²) >= 11 is 0. The van der Waals surface area contributed by atoms with Crippen LogP contribution in [0.3, 0.4) is 0 Å². The van der Waals surface area contributed by atoms with Crippen molar-refractivity contribution in [3.63, 3.8) is 0 Å². The Bertz CT molecular complexity index is 347. The first-order valence-electron chi connectivity index (χ1n) is 4.02. The zero-order chi connectivity index (χ0) is 11.1. The van der Waals surface area contributed by atoms with Crippen LogP contribution in [0.25, 0.3) is 0 Å². The molecule has 3 N–H and O–H groups in total. The quantitative estimate of drug-likeness (QED) is 0.622. The maximum absolute atomic E-state index is 8.73. The summed E-state index contributed by atoms with van der Waals surface area (Å²) in [5, 5.41) is 28.4. The molecular formula is C9H11N5. The van der Waals surface area contributed by atoms with E-state index in [2.05, 4.69) is 5.32 Å². The molecule has 0 radical (unpaired) electrons. The van der Waals surface area contributed by atoms with E-state index >= 15 is 0 Å². The molecule has 0 aromatic rings. The minimum atomic E-state index is -0.517. The van der Waals surface area contributed by atoms with Gasteiger partial charge in [0.05, 0.1) is 6.07 Å². The van der Waals surface area contributed by atoms with E-state index in [9.17, 15) is 0 Å². The molecule has 0 bridgehead atoms. The van der Waals surface area contributed by atoms with Crippen molar-refractivity contribution in [3.8, 4) is 18.2 Å². The van der Waals surface area contributed by atoms with Crippen LogP contribution in [-0.2, 0) is 0 Å². The first-order valence-corrected chi connectivity index (χ1v) is 4.02. The van der Waals surface area contributed by atoms with Gasteiger partial charge in [0.1, 0.15) is 29.6 Å². The lowest BCUT2D eigenvalue weighted by Crippen LogP contribution is -2.32. The van der Waals surface area contributed by atoms with Crippen molar-refractivity contribution < 1.29 is 0 Å². The number of hydrogen-bond donors (Lipinski definition) is 2. The van der Waals surface area contributed by atoms with Crippen LogP contribution in [0.4, 0.5) is 0 Å². The average Bonchev–Trinajstić information content (AvgIpc) is 2.18. The van der Waals surface area contributed by atoms with Crippen molar-refractivity contribution in [1.82, 2.24) is 5.32 Å². The summed E-state index contributed by atoms with van der Waals surface area (Å²) in [5.74, 6) is 0.0369. The lowest BCUT2D eigenvalue weighted by Gasteiger charge is -2.14. The molecule has 0 rings (SSSR count). The van der Waals surface area contributed by atoms with Crippen LogP contribution in [0, 0.1) is 39.9 Å². The van der Waals surface area contributed by atoms with Crippen LogP contribution in [0.2, 0.25) is 0 Å². The van der Waals surface area contributed by atoms with Crippen molar-refractivity contribution in [2.45, 2.75) is 19.9 Å². The molecular weight excluding hydrogens is 178 g/mol. The number of hydrogen-bond acceptors (Lipinski definition) is 5. The smallest absolute Gasteiger partial charge is 0.148 e. The maximum Gasteiger partial charge on any atom is 0.148 e. The Morgan fingerprint density at radius 1 is 1.21 bits per heavy atom. The Balaban J connectivity index is 4.77. The van der Waals surface area contributed by atoms with Crippen LogP contribution in [0.15, 0.2) is 11.4 Å². The number of nitrogens with two attached hydrogens (primary N) is 1. The van der Waals surface area contributed by atoms with Gasteiger partial charge in [-0.1, -0.05) is 13.8 Å². The van der Waals surface area contributed by atoms with E-state index in [0.29, 0.717) is 0 Å². The molecule has 1 atom stereocenters. The normalized spacial score (nSPS) is 13.1. The lowest BCUT2D eigenvalue weighted by atomic mass is 10.1. The summed E-state index contributed by atoms with van der Waals surface area (Å²) in [4.78, 5) is 0. The summed E-state index contributed by atoms with van der Waals surface area (Å²) in [5.41, 5.74) is 5.01. The number of nitrogens with zero attached hydrogens (tertiary/aromatic N) is 3. The highest BCUT2D eigenvalue weighted by Gasteiger charge is 2.14. The zero-order valence-corrected chi connectivity index (χ0v) is 8.07. The molecule has 14 heavy (non-hydrogen) atoms. The summed E-state index contributed by atoms with van der Waals surface area (Å²) < 4.78 is 0. The van der Waals surface area contributed by atoms with E-state index in [1.165, 1.54) is 0 Å². The standard InChI is InChI=1S/C9H11N5/c1-6(2)8(4-11)14-9(5-12)7(13)3-10/h6,8,14H,13H2,1-2H3/b9-7-. The van der Waals surface area contributed by atoms with Gasteiger partial charge in [0.2, 0.25) is 0 Å². The van der Waals surface area contributed by atoms with Crippen LogP contribution < -0.4 is 11.1 Å². The Morgan fingerprint density at radius 3 is 2.07 bits per heavy atom. The van der Waals surface area contributed by atoms with Gasteiger partial charge in [0.25, 0.3) is 0 Å². The molecule has 5 nitrogen and oxygen atoms in total. The topological polar surface area (TPSA) is 109 Å². The van der Waals surface area contributed by atoms with Crippen molar-refractivity contribution in [3.05, 3.63) is 11.4 Å². The van der Waals surface area contributed by atoms with Gasteiger partial charge in [-0.15, -0.1) is 0 Å². The molecule has 5 heteroatoms. The van der Waals surface area contributed by atoms with E-state index in [0.717, 1.165) is 0 Å². The van der Waals surface area contributed by atoms with Gasteiger partial charge in [-0.25, -0.2) is 0 Å². The SMILES string of the molecule is CC(C)C(C#N)N/C(C#N)=C(\N)C#N. The lowest BCUT2D eigenvalue weighted by molar-refractivity contribution is 0.515. The van der Waals surface area contributed by atoms with E-state index in [4.69, 9.17) is 21.5 Å². The highest BCUT2D eigenvalue weighted by Crippen LogP contribution is 2.03. The van der Waals surface area contributed by atoms with E-state index < -0.39 is 6.04 Å². The highest BCUT2D eigenvalue weighted by molar-refractivity contribution is 5.33. The summed E-state index contributed by atoms with van der Waals surface area (Å²) in [6, 6.07) is 4.86. The molecule has 0 fully saturated rings. The van der Waals surface area contributed by atoms with Crippen molar-refractivity contribution >= 4 is 0 Å². The molecule has 0 aromatic heterocycles. The highest BCUT2D eigenvalue weighted by atomic mass is 14.9. The molecule has 1 unspecified atom stereocenters. The van der Waals surface area contributed by atoms with Crippen LogP contribution in [-0.4, -0.2) is 6.04 Å². The Morgan fingerprint density at radius 2 is 1.79 bits per heavy atom. The minimum Gasteiger partial charge on any atom is -0.388 e. The molecule has 0 saturated heterocycles. The molecule has 0 heterocycles.